The molecular weight excluding hydrogens is 423 g/mol. The van der Waals surface area contributed by atoms with Crippen LogP contribution in [0.1, 0.15) is 22.3 Å². The van der Waals surface area contributed by atoms with Gasteiger partial charge < -0.3 is 10.6 Å². The number of benzene rings is 2. The molecule has 0 aliphatic heterocycles. The molecule has 2 amide bonds. The minimum absolute atomic E-state index is 0.0342. The molecule has 1 aromatic heterocycles. The lowest BCUT2D eigenvalue weighted by Crippen LogP contribution is -2.28. The maximum absolute atomic E-state index is 13.1. The fraction of sp³-hybridized carbons (Fsp3) is 0.158. The van der Waals surface area contributed by atoms with E-state index in [0.29, 0.717) is 0 Å². The third kappa shape index (κ3) is 5.15. The fourth-order valence-corrected chi connectivity index (χ4v) is 2.81. The molecule has 0 bridgehead atoms. The number of hydrogen-bond acceptors (Lipinski definition) is 4. The monoisotopic (exact) mass is 437 g/mol. The predicted molar refractivity (Wildman–Crippen MR) is 103 cm³/mol. The number of nitrogens with zero attached hydrogens (tertiary/aromatic N) is 3. The van der Waals surface area contributed by atoms with Crippen molar-refractivity contribution >= 4 is 29.1 Å². The van der Waals surface area contributed by atoms with Crippen LogP contribution in [-0.2, 0) is 11.0 Å². The van der Waals surface area contributed by atoms with Crippen molar-refractivity contribution in [3.8, 4) is 5.69 Å². The smallest absolute Gasteiger partial charge is 0.351 e. The van der Waals surface area contributed by atoms with Crippen molar-refractivity contribution in [3.05, 3.63) is 71.3 Å². The molecule has 3 rings (SSSR count). The molecule has 0 spiro atoms. The molecule has 0 atom stereocenters. The average Bonchev–Trinajstić information content (AvgIpc) is 3.22. The van der Waals surface area contributed by atoms with Crippen LogP contribution in [0.5, 0.6) is 0 Å². The molecule has 30 heavy (non-hydrogen) atoms. The molecule has 11 heteroatoms. The zero-order valence-electron chi connectivity index (χ0n) is 15.3. The van der Waals surface area contributed by atoms with Crippen LogP contribution in [0.3, 0.4) is 0 Å². The van der Waals surface area contributed by atoms with Crippen LogP contribution in [0.15, 0.2) is 55.1 Å². The van der Waals surface area contributed by atoms with Crippen molar-refractivity contribution < 1.29 is 22.8 Å². The van der Waals surface area contributed by atoms with Crippen LogP contribution in [0, 0.1) is 0 Å². The van der Waals surface area contributed by atoms with Crippen LogP contribution in [0.4, 0.5) is 18.9 Å². The highest BCUT2D eigenvalue weighted by molar-refractivity contribution is 6.33. The third-order valence-electron chi connectivity index (χ3n) is 4.02. The topological polar surface area (TPSA) is 88.9 Å². The Balaban J connectivity index is 1.68. The molecule has 1 heterocycles. The molecule has 0 radical (unpaired) electrons. The quantitative estimate of drug-likeness (QED) is 0.615. The Kier molecular flexibility index (Phi) is 6.36. The van der Waals surface area contributed by atoms with Gasteiger partial charge >= 0.3 is 6.18 Å². The zero-order chi connectivity index (χ0) is 21.7. The Morgan fingerprint density at radius 1 is 1.13 bits per heavy atom. The summed E-state index contributed by atoms with van der Waals surface area (Å²) in [6, 6.07) is 9.30. The summed E-state index contributed by atoms with van der Waals surface area (Å²) in [4.78, 5) is 28.1. The number of rotatable bonds is 6. The number of amides is 2. The number of carbonyl (C=O) groups is 2. The number of carbonyl (C=O) groups excluding carboxylic acids is 2. The Morgan fingerprint density at radius 3 is 2.57 bits per heavy atom. The van der Waals surface area contributed by atoms with E-state index in [2.05, 4.69) is 20.7 Å². The van der Waals surface area contributed by atoms with E-state index >= 15 is 0 Å². The lowest BCUT2D eigenvalue weighted by molar-refractivity contribution is -0.137. The molecule has 0 aliphatic rings. The molecule has 0 fully saturated rings. The molecule has 0 aliphatic carbocycles. The van der Waals surface area contributed by atoms with Gasteiger partial charge in [0.1, 0.15) is 12.7 Å². The van der Waals surface area contributed by atoms with Crippen molar-refractivity contribution in [2.24, 2.45) is 0 Å². The predicted octanol–water partition coefficient (Wildman–Crippen LogP) is 3.70. The molecule has 2 aromatic carbocycles. The summed E-state index contributed by atoms with van der Waals surface area (Å²) in [6.45, 7) is -0.0342. The summed E-state index contributed by atoms with van der Waals surface area (Å²) < 4.78 is 40.4. The second kappa shape index (κ2) is 8.95. The number of anilines is 1. The van der Waals surface area contributed by atoms with Gasteiger partial charge in [-0.25, -0.2) is 9.67 Å². The first-order valence-electron chi connectivity index (χ1n) is 8.64. The van der Waals surface area contributed by atoms with Crippen molar-refractivity contribution in [2.45, 2.75) is 12.6 Å². The standard InChI is InChI=1S/C19H15ClF3N5O2/c20-14-4-2-1-3-13(14)18(30)25-8-7-17(29)27-15-9-12(19(21,22)23)5-6-16(15)28-11-24-10-26-28/h1-6,9-11H,7-8H2,(H,25,30)(H,27,29). The van der Waals surface area contributed by atoms with E-state index in [1.165, 1.54) is 29.5 Å². The number of halogens is 4. The van der Waals surface area contributed by atoms with Crippen LogP contribution >= 0.6 is 11.6 Å². The zero-order valence-corrected chi connectivity index (χ0v) is 16.0. The average molecular weight is 438 g/mol. The highest BCUT2D eigenvalue weighted by atomic mass is 35.5. The Bertz CT molecular complexity index is 1050. The van der Waals surface area contributed by atoms with E-state index in [1.807, 2.05) is 0 Å². The van der Waals surface area contributed by atoms with Gasteiger partial charge in [0.15, 0.2) is 0 Å². The minimum Gasteiger partial charge on any atom is -0.351 e. The van der Waals surface area contributed by atoms with Gasteiger partial charge in [-0.3, -0.25) is 9.59 Å². The van der Waals surface area contributed by atoms with Crippen molar-refractivity contribution in [3.63, 3.8) is 0 Å². The van der Waals surface area contributed by atoms with Gasteiger partial charge in [-0.2, -0.15) is 18.3 Å². The van der Waals surface area contributed by atoms with Crippen LogP contribution in [0.2, 0.25) is 5.02 Å². The Morgan fingerprint density at radius 2 is 1.90 bits per heavy atom. The van der Waals surface area contributed by atoms with Crippen molar-refractivity contribution in [2.75, 3.05) is 11.9 Å². The van der Waals surface area contributed by atoms with Gasteiger partial charge in [-0.1, -0.05) is 23.7 Å². The summed E-state index contributed by atoms with van der Waals surface area (Å²) in [6.07, 6.45) is -2.23. The minimum atomic E-state index is -4.58. The van der Waals surface area contributed by atoms with Gasteiger partial charge in [0.2, 0.25) is 5.91 Å². The second-order valence-electron chi connectivity index (χ2n) is 6.10. The lowest BCUT2D eigenvalue weighted by atomic mass is 10.1. The third-order valence-corrected chi connectivity index (χ3v) is 4.35. The fourth-order valence-electron chi connectivity index (χ4n) is 2.59. The van der Waals surface area contributed by atoms with Gasteiger partial charge in [-0.15, -0.1) is 0 Å². The lowest BCUT2D eigenvalue weighted by Gasteiger charge is -2.14. The molecular formula is C19H15ClF3N5O2. The first-order valence-corrected chi connectivity index (χ1v) is 9.02. The first-order chi connectivity index (χ1) is 14.3. The second-order valence-corrected chi connectivity index (χ2v) is 6.51. The first kappa shape index (κ1) is 21.3. The largest absolute Gasteiger partial charge is 0.416 e. The maximum Gasteiger partial charge on any atom is 0.416 e. The molecule has 0 saturated carbocycles. The molecule has 3 aromatic rings. The SMILES string of the molecule is O=C(CCNC(=O)c1ccccc1Cl)Nc1cc(C(F)(F)F)ccc1-n1cncn1. The van der Waals surface area contributed by atoms with Crippen LogP contribution < -0.4 is 10.6 Å². The van der Waals surface area contributed by atoms with Gasteiger partial charge in [0, 0.05) is 13.0 Å². The van der Waals surface area contributed by atoms with Crippen molar-refractivity contribution in [1.29, 1.82) is 0 Å². The van der Waals surface area contributed by atoms with Crippen molar-refractivity contribution in [1.82, 2.24) is 20.1 Å². The van der Waals surface area contributed by atoms with E-state index in [9.17, 15) is 22.8 Å². The van der Waals surface area contributed by atoms with E-state index < -0.39 is 23.6 Å². The Labute approximate surface area is 173 Å². The summed E-state index contributed by atoms with van der Waals surface area (Å²) in [7, 11) is 0. The van der Waals surface area contributed by atoms with E-state index in [4.69, 9.17) is 11.6 Å². The number of nitrogens with one attached hydrogen (secondary N) is 2. The molecule has 7 nitrogen and oxygen atoms in total. The van der Waals surface area contributed by atoms with E-state index in [0.717, 1.165) is 12.1 Å². The summed E-state index contributed by atoms with van der Waals surface area (Å²) in [5, 5.41) is 9.12. The summed E-state index contributed by atoms with van der Waals surface area (Å²) in [5.74, 6) is -1.05. The number of alkyl halides is 3. The van der Waals surface area contributed by atoms with Gasteiger partial charge in [0.25, 0.3) is 5.91 Å². The van der Waals surface area contributed by atoms with Gasteiger partial charge in [0.05, 0.1) is 27.5 Å². The summed E-state index contributed by atoms with van der Waals surface area (Å²) in [5.41, 5.74) is -0.536. The number of aromatic nitrogens is 3. The molecule has 2 N–H and O–H groups in total. The van der Waals surface area contributed by atoms with Crippen LogP contribution in [0.25, 0.3) is 5.69 Å². The Hall–Kier alpha value is -3.40. The molecule has 0 saturated heterocycles. The normalized spacial score (nSPS) is 11.2. The summed E-state index contributed by atoms with van der Waals surface area (Å²) >= 11 is 5.94. The van der Waals surface area contributed by atoms with E-state index in [1.54, 1.807) is 18.2 Å². The molecule has 0 unspecified atom stereocenters. The van der Waals surface area contributed by atoms with Gasteiger partial charge in [-0.05, 0) is 30.3 Å². The molecule has 156 valence electrons. The number of hydrogen-bond donors (Lipinski definition) is 2. The van der Waals surface area contributed by atoms with Crippen LogP contribution in [-0.4, -0.2) is 33.1 Å². The van der Waals surface area contributed by atoms with E-state index in [-0.39, 0.29) is 34.9 Å². The highest BCUT2D eigenvalue weighted by Crippen LogP contribution is 2.33. The maximum atomic E-state index is 13.1. The highest BCUT2D eigenvalue weighted by Gasteiger charge is 2.31.